The highest BCUT2D eigenvalue weighted by molar-refractivity contribution is 5.30. The van der Waals surface area contributed by atoms with Gasteiger partial charge in [-0.05, 0) is 25.0 Å². The fourth-order valence-corrected chi connectivity index (χ4v) is 1.00. The van der Waals surface area contributed by atoms with E-state index in [0.717, 1.165) is 5.57 Å². The van der Waals surface area contributed by atoms with E-state index in [1.165, 1.54) is 6.08 Å². The van der Waals surface area contributed by atoms with Gasteiger partial charge in [0.25, 0.3) is 0 Å². The maximum atomic E-state index is 12.5. The molecule has 2 heteroatoms. The molecule has 0 unspecified atom stereocenters. The minimum atomic E-state index is -0.542. The molecule has 0 nitrogen and oxygen atoms in total. The van der Waals surface area contributed by atoms with E-state index >= 15 is 0 Å². The summed E-state index contributed by atoms with van der Waals surface area (Å²) in [5.41, 5.74) is 1.49. The first-order chi connectivity index (χ1) is 5.74. The van der Waals surface area contributed by atoms with E-state index in [1.54, 1.807) is 0 Å². The standard InChI is InChI=1S/C8H10F2.C2H6/c1-6-2-3-8(10)4-7(6)5-9;1-2/h4H,2-3,5H2,1H3;1-2H3. The van der Waals surface area contributed by atoms with E-state index < -0.39 is 6.67 Å². The van der Waals surface area contributed by atoms with Crippen molar-refractivity contribution in [3.05, 3.63) is 23.0 Å². The van der Waals surface area contributed by atoms with Gasteiger partial charge in [0.2, 0.25) is 0 Å². The van der Waals surface area contributed by atoms with Crippen LogP contribution in [0.3, 0.4) is 0 Å². The fraction of sp³-hybridized carbons (Fsp3) is 0.600. The van der Waals surface area contributed by atoms with Crippen molar-refractivity contribution in [1.82, 2.24) is 0 Å². The Hall–Kier alpha value is -0.660. The summed E-state index contributed by atoms with van der Waals surface area (Å²) in [6, 6.07) is 0. The molecule has 1 rings (SSSR count). The van der Waals surface area contributed by atoms with Crippen LogP contribution < -0.4 is 0 Å². The quantitative estimate of drug-likeness (QED) is 0.564. The SMILES string of the molecule is CC.CC1=C(CF)C=C(F)CC1. The smallest absolute Gasteiger partial charge is 0.115 e. The van der Waals surface area contributed by atoms with Crippen LogP contribution in [0.25, 0.3) is 0 Å². The van der Waals surface area contributed by atoms with Gasteiger partial charge in [0, 0.05) is 6.42 Å². The van der Waals surface area contributed by atoms with Gasteiger partial charge in [-0.25, -0.2) is 8.78 Å². The molecule has 0 heterocycles. The monoisotopic (exact) mass is 174 g/mol. The number of hydrogen-bond donors (Lipinski definition) is 0. The van der Waals surface area contributed by atoms with Gasteiger partial charge < -0.3 is 0 Å². The van der Waals surface area contributed by atoms with Crippen LogP contribution in [-0.2, 0) is 0 Å². The van der Waals surface area contributed by atoms with Gasteiger partial charge >= 0.3 is 0 Å². The Kier molecular flexibility index (Phi) is 5.60. The highest BCUT2D eigenvalue weighted by Gasteiger charge is 2.08. The highest BCUT2D eigenvalue weighted by Crippen LogP contribution is 2.24. The zero-order chi connectivity index (χ0) is 9.56. The molecule has 1 aliphatic rings. The van der Waals surface area contributed by atoms with E-state index in [2.05, 4.69) is 0 Å². The predicted octanol–water partition coefficient (Wildman–Crippen LogP) is 3.95. The van der Waals surface area contributed by atoms with E-state index in [0.29, 0.717) is 18.4 Å². The normalized spacial score (nSPS) is 16.6. The predicted molar refractivity (Wildman–Crippen MR) is 48.4 cm³/mol. The Bertz CT molecular complexity index is 190. The summed E-state index contributed by atoms with van der Waals surface area (Å²) in [7, 11) is 0. The van der Waals surface area contributed by atoms with Gasteiger partial charge in [-0.1, -0.05) is 19.4 Å². The van der Waals surface area contributed by atoms with Gasteiger partial charge in [-0.2, -0.15) is 0 Å². The van der Waals surface area contributed by atoms with Crippen LogP contribution in [0, 0.1) is 0 Å². The van der Waals surface area contributed by atoms with Gasteiger partial charge in [-0.3, -0.25) is 0 Å². The summed E-state index contributed by atoms with van der Waals surface area (Å²) >= 11 is 0. The molecule has 1 aliphatic carbocycles. The molecule has 0 aromatic rings. The molecule has 0 spiro atoms. The number of hydrogen-bond acceptors (Lipinski definition) is 0. The van der Waals surface area contributed by atoms with Crippen LogP contribution in [0.4, 0.5) is 8.78 Å². The number of alkyl halides is 1. The summed E-state index contributed by atoms with van der Waals surface area (Å²) in [4.78, 5) is 0. The van der Waals surface area contributed by atoms with Gasteiger partial charge in [0.15, 0.2) is 0 Å². The van der Waals surface area contributed by atoms with Crippen molar-refractivity contribution in [2.75, 3.05) is 6.67 Å². The first-order valence-corrected chi connectivity index (χ1v) is 4.34. The minimum absolute atomic E-state index is 0.196. The van der Waals surface area contributed by atoms with Gasteiger partial charge in [-0.15, -0.1) is 0 Å². The molecule has 0 fully saturated rings. The molecular weight excluding hydrogens is 158 g/mol. The molecule has 0 bridgehead atoms. The summed E-state index contributed by atoms with van der Waals surface area (Å²) in [5.74, 6) is -0.196. The highest BCUT2D eigenvalue weighted by atomic mass is 19.1. The van der Waals surface area contributed by atoms with Crippen molar-refractivity contribution in [2.45, 2.75) is 33.6 Å². The lowest BCUT2D eigenvalue weighted by atomic mass is 9.99. The first kappa shape index (κ1) is 11.3. The van der Waals surface area contributed by atoms with Crippen LogP contribution >= 0.6 is 0 Å². The molecule has 0 aromatic carbocycles. The third-order valence-corrected chi connectivity index (χ3v) is 1.76. The molecule has 0 saturated carbocycles. The Balaban J connectivity index is 0.000000561. The lowest BCUT2D eigenvalue weighted by Gasteiger charge is -2.10. The number of allylic oxidation sites excluding steroid dienone is 4. The van der Waals surface area contributed by atoms with Crippen molar-refractivity contribution in [2.24, 2.45) is 0 Å². The Morgan fingerprint density at radius 1 is 1.33 bits per heavy atom. The van der Waals surface area contributed by atoms with E-state index in [4.69, 9.17) is 0 Å². The lowest BCUT2D eigenvalue weighted by molar-refractivity contribution is 0.527. The second-order valence-electron chi connectivity index (χ2n) is 2.53. The largest absolute Gasteiger partial charge is 0.246 e. The van der Waals surface area contributed by atoms with E-state index in [-0.39, 0.29) is 5.83 Å². The molecule has 0 aliphatic heterocycles. The second kappa shape index (κ2) is 5.92. The van der Waals surface area contributed by atoms with Crippen molar-refractivity contribution >= 4 is 0 Å². The third kappa shape index (κ3) is 3.16. The molecule has 12 heavy (non-hydrogen) atoms. The number of rotatable bonds is 1. The molecule has 0 atom stereocenters. The van der Waals surface area contributed by atoms with Gasteiger partial charge in [0.05, 0.1) is 0 Å². The molecule has 0 amide bonds. The zero-order valence-electron chi connectivity index (χ0n) is 7.95. The summed E-state index contributed by atoms with van der Waals surface area (Å²) < 4.78 is 24.5. The summed E-state index contributed by atoms with van der Waals surface area (Å²) in [6.07, 6.45) is 2.41. The number of halogens is 2. The maximum Gasteiger partial charge on any atom is 0.115 e. The molecule has 0 N–H and O–H groups in total. The fourth-order valence-electron chi connectivity index (χ4n) is 1.00. The van der Waals surface area contributed by atoms with Crippen LogP contribution in [0.15, 0.2) is 23.0 Å². The van der Waals surface area contributed by atoms with Crippen LogP contribution in [0.1, 0.15) is 33.6 Å². The van der Waals surface area contributed by atoms with E-state index in [9.17, 15) is 8.78 Å². The van der Waals surface area contributed by atoms with Crippen molar-refractivity contribution < 1.29 is 8.78 Å². The van der Waals surface area contributed by atoms with Gasteiger partial charge in [0.1, 0.15) is 12.5 Å². The maximum absolute atomic E-state index is 12.5. The second-order valence-corrected chi connectivity index (χ2v) is 2.53. The van der Waals surface area contributed by atoms with E-state index in [1.807, 2.05) is 20.8 Å². The van der Waals surface area contributed by atoms with Crippen molar-refractivity contribution in [3.8, 4) is 0 Å². The zero-order valence-corrected chi connectivity index (χ0v) is 7.95. The molecular formula is C10H16F2. The Labute approximate surface area is 73.0 Å². The van der Waals surface area contributed by atoms with Crippen LogP contribution in [0.2, 0.25) is 0 Å². The average molecular weight is 174 g/mol. The summed E-state index contributed by atoms with van der Waals surface area (Å²) in [6.45, 7) is 5.30. The minimum Gasteiger partial charge on any atom is -0.246 e. The topological polar surface area (TPSA) is 0 Å². The van der Waals surface area contributed by atoms with Crippen molar-refractivity contribution in [3.63, 3.8) is 0 Å². The lowest BCUT2D eigenvalue weighted by Crippen LogP contribution is -1.95. The molecule has 0 radical (unpaired) electrons. The summed E-state index contributed by atoms with van der Waals surface area (Å²) in [5, 5.41) is 0. The third-order valence-electron chi connectivity index (χ3n) is 1.76. The van der Waals surface area contributed by atoms with Crippen molar-refractivity contribution in [1.29, 1.82) is 0 Å². The Morgan fingerprint density at radius 2 is 1.92 bits per heavy atom. The molecule has 0 aromatic heterocycles. The molecule has 0 saturated heterocycles. The Morgan fingerprint density at radius 3 is 2.33 bits per heavy atom. The van der Waals surface area contributed by atoms with Crippen LogP contribution in [0.5, 0.6) is 0 Å². The first-order valence-electron chi connectivity index (χ1n) is 4.34. The molecule has 70 valence electrons. The average Bonchev–Trinajstić information content (AvgIpc) is 2.13. The van der Waals surface area contributed by atoms with Crippen LogP contribution in [-0.4, -0.2) is 6.67 Å².